The molecule has 0 aliphatic carbocycles. The molecule has 2 nitrogen and oxygen atoms in total. The van der Waals surface area contributed by atoms with Crippen molar-refractivity contribution < 1.29 is 0 Å². The molecule has 3 rings (SSSR count). The van der Waals surface area contributed by atoms with Gasteiger partial charge in [-0.15, -0.1) is 0 Å². The van der Waals surface area contributed by atoms with Gasteiger partial charge in [-0.05, 0) is 50.1 Å². The van der Waals surface area contributed by atoms with E-state index in [2.05, 4.69) is 29.4 Å². The Labute approximate surface area is 106 Å². The van der Waals surface area contributed by atoms with Crippen LogP contribution in [0.3, 0.4) is 0 Å². The van der Waals surface area contributed by atoms with Gasteiger partial charge in [0.1, 0.15) is 0 Å². The number of fused-ring (bicyclic) bond motifs is 1. The average Bonchev–Trinajstić information content (AvgIpc) is 2.76. The number of rotatable bonds is 1. The number of hydrogen-bond acceptors (Lipinski definition) is 2. The van der Waals surface area contributed by atoms with Crippen molar-refractivity contribution in [1.82, 2.24) is 10.3 Å². The third-order valence-corrected chi connectivity index (χ3v) is 3.90. The van der Waals surface area contributed by atoms with Gasteiger partial charge in [-0.3, -0.25) is 4.98 Å². The molecule has 1 aromatic carbocycles. The lowest BCUT2D eigenvalue weighted by Gasteiger charge is -2.26. The number of halogens is 1. The van der Waals surface area contributed by atoms with Crippen molar-refractivity contribution >= 4 is 22.5 Å². The smallest absolute Gasteiger partial charge is 0.0720 e. The summed E-state index contributed by atoms with van der Waals surface area (Å²) in [6.45, 7) is 3.36. The SMILES string of the molecule is CC1(c2ccnc3cc(Cl)ccc23)CCCN1. The first-order valence-electron chi connectivity index (χ1n) is 5.99. The van der Waals surface area contributed by atoms with E-state index in [0.717, 1.165) is 17.1 Å². The summed E-state index contributed by atoms with van der Waals surface area (Å²) < 4.78 is 0. The van der Waals surface area contributed by atoms with E-state index in [9.17, 15) is 0 Å². The summed E-state index contributed by atoms with van der Waals surface area (Å²) >= 11 is 6.01. The van der Waals surface area contributed by atoms with Crippen LogP contribution in [0.2, 0.25) is 5.02 Å². The van der Waals surface area contributed by atoms with Crippen LogP contribution in [0.5, 0.6) is 0 Å². The summed E-state index contributed by atoms with van der Waals surface area (Å²) in [6, 6.07) is 8.06. The van der Waals surface area contributed by atoms with Crippen LogP contribution in [0.4, 0.5) is 0 Å². The minimum absolute atomic E-state index is 0.0784. The maximum Gasteiger partial charge on any atom is 0.0720 e. The predicted octanol–water partition coefficient (Wildman–Crippen LogP) is 3.49. The van der Waals surface area contributed by atoms with Gasteiger partial charge in [0.2, 0.25) is 0 Å². The number of benzene rings is 1. The monoisotopic (exact) mass is 246 g/mol. The number of hydrogen-bond donors (Lipinski definition) is 1. The maximum absolute atomic E-state index is 6.01. The van der Waals surface area contributed by atoms with Gasteiger partial charge in [0, 0.05) is 22.1 Å². The molecule has 0 bridgehead atoms. The molecule has 1 unspecified atom stereocenters. The summed E-state index contributed by atoms with van der Waals surface area (Å²) in [5.41, 5.74) is 2.39. The van der Waals surface area contributed by atoms with Gasteiger partial charge in [0.25, 0.3) is 0 Å². The summed E-state index contributed by atoms with van der Waals surface area (Å²) in [4.78, 5) is 4.39. The molecule has 1 saturated heterocycles. The highest BCUT2D eigenvalue weighted by Crippen LogP contribution is 2.34. The zero-order valence-electron chi connectivity index (χ0n) is 9.83. The zero-order chi connectivity index (χ0) is 11.9. The third-order valence-electron chi connectivity index (χ3n) is 3.67. The first-order valence-corrected chi connectivity index (χ1v) is 6.37. The van der Waals surface area contributed by atoms with Crippen LogP contribution in [-0.2, 0) is 5.54 Å². The lowest BCUT2D eigenvalue weighted by Crippen LogP contribution is -2.33. The Morgan fingerprint density at radius 1 is 1.35 bits per heavy atom. The van der Waals surface area contributed by atoms with E-state index in [0.29, 0.717) is 0 Å². The molecule has 0 saturated carbocycles. The Morgan fingerprint density at radius 3 is 3.00 bits per heavy atom. The topological polar surface area (TPSA) is 24.9 Å². The molecule has 0 radical (unpaired) electrons. The van der Waals surface area contributed by atoms with Crippen LogP contribution >= 0.6 is 11.6 Å². The standard InChI is InChI=1S/C14H15ClN2/c1-14(6-2-7-17-14)12-5-8-16-13-9-10(15)3-4-11(12)13/h3-5,8-9,17H,2,6-7H2,1H3. The highest BCUT2D eigenvalue weighted by atomic mass is 35.5. The Kier molecular flexibility index (Phi) is 2.57. The molecule has 1 atom stereocenters. The fourth-order valence-corrected chi connectivity index (χ4v) is 2.89. The minimum atomic E-state index is 0.0784. The summed E-state index contributed by atoms with van der Waals surface area (Å²) in [5.74, 6) is 0. The second kappa shape index (κ2) is 3.97. The van der Waals surface area contributed by atoms with Gasteiger partial charge in [0.05, 0.1) is 5.52 Å². The molecule has 0 spiro atoms. The highest BCUT2D eigenvalue weighted by Gasteiger charge is 2.31. The van der Waals surface area contributed by atoms with Crippen molar-refractivity contribution in [2.24, 2.45) is 0 Å². The largest absolute Gasteiger partial charge is 0.308 e. The van der Waals surface area contributed by atoms with Crippen molar-refractivity contribution in [3.8, 4) is 0 Å². The molecule has 2 heterocycles. The summed E-state index contributed by atoms with van der Waals surface area (Å²) in [6.07, 6.45) is 4.28. The number of aromatic nitrogens is 1. The molecule has 1 fully saturated rings. The third kappa shape index (κ3) is 1.81. The normalized spacial score (nSPS) is 24.4. The quantitative estimate of drug-likeness (QED) is 0.833. The molecule has 2 aromatic rings. The lowest BCUT2D eigenvalue weighted by atomic mass is 9.88. The second-order valence-electron chi connectivity index (χ2n) is 4.88. The molecular formula is C14H15ClN2. The fraction of sp³-hybridized carbons (Fsp3) is 0.357. The molecule has 1 aliphatic rings. The van der Waals surface area contributed by atoms with Crippen LogP contribution in [0.15, 0.2) is 30.5 Å². The van der Waals surface area contributed by atoms with E-state index in [4.69, 9.17) is 11.6 Å². The first-order chi connectivity index (χ1) is 8.19. The van der Waals surface area contributed by atoms with Crippen molar-refractivity contribution in [3.63, 3.8) is 0 Å². The van der Waals surface area contributed by atoms with Gasteiger partial charge < -0.3 is 5.32 Å². The minimum Gasteiger partial charge on any atom is -0.308 e. The van der Waals surface area contributed by atoms with Crippen molar-refractivity contribution in [2.45, 2.75) is 25.3 Å². The van der Waals surface area contributed by atoms with Gasteiger partial charge in [0.15, 0.2) is 0 Å². The second-order valence-corrected chi connectivity index (χ2v) is 5.32. The Balaban J connectivity index is 2.23. The zero-order valence-corrected chi connectivity index (χ0v) is 10.6. The van der Waals surface area contributed by atoms with Crippen LogP contribution in [0.1, 0.15) is 25.3 Å². The average molecular weight is 247 g/mol. The van der Waals surface area contributed by atoms with E-state index >= 15 is 0 Å². The van der Waals surface area contributed by atoms with Crippen LogP contribution in [0, 0.1) is 0 Å². The summed E-state index contributed by atoms with van der Waals surface area (Å²) in [5, 5.41) is 5.54. The highest BCUT2D eigenvalue weighted by molar-refractivity contribution is 6.31. The maximum atomic E-state index is 6.01. The Hall–Kier alpha value is -1.12. The van der Waals surface area contributed by atoms with E-state index in [1.165, 1.54) is 23.8 Å². The van der Waals surface area contributed by atoms with E-state index < -0.39 is 0 Å². The van der Waals surface area contributed by atoms with Gasteiger partial charge in [-0.2, -0.15) is 0 Å². The van der Waals surface area contributed by atoms with Crippen LogP contribution in [-0.4, -0.2) is 11.5 Å². The molecule has 0 amide bonds. The molecule has 88 valence electrons. The van der Waals surface area contributed by atoms with Gasteiger partial charge in [-0.1, -0.05) is 17.7 Å². The molecule has 17 heavy (non-hydrogen) atoms. The fourth-order valence-electron chi connectivity index (χ4n) is 2.73. The molecule has 1 aromatic heterocycles. The number of nitrogens with zero attached hydrogens (tertiary/aromatic N) is 1. The summed E-state index contributed by atoms with van der Waals surface area (Å²) in [7, 11) is 0. The molecule has 3 heteroatoms. The predicted molar refractivity (Wildman–Crippen MR) is 71.3 cm³/mol. The molecular weight excluding hydrogens is 232 g/mol. The molecule has 1 N–H and O–H groups in total. The van der Waals surface area contributed by atoms with Gasteiger partial charge in [-0.25, -0.2) is 0 Å². The Morgan fingerprint density at radius 2 is 2.24 bits per heavy atom. The van der Waals surface area contributed by atoms with E-state index in [1.807, 2.05) is 18.3 Å². The lowest BCUT2D eigenvalue weighted by molar-refractivity contribution is 0.438. The first kappa shape index (κ1) is 11.0. The van der Waals surface area contributed by atoms with Crippen molar-refractivity contribution in [2.75, 3.05) is 6.54 Å². The van der Waals surface area contributed by atoms with Crippen molar-refractivity contribution in [1.29, 1.82) is 0 Å². The van der Waals surface area contributed by atoms with E-state index in [1.54, 1.807) is 0 Å². The molecule has 1 aliphatic heterocycles. The van der Waals surface area contributed by atoms with Crippen LogP contribution < -0.4 is 5.32 Å². The van der Waals surface area contributed by atoms with Crippen LogP contribution in [0.25, 0.3) is 10.9 Å². The number of pyridine rings is 1. The van der Waals surface area contributed by atoms with Crippen molar-refractivity contribution in [3.05, 3.63) is 41.0 Å². The number of nitrogens with one attached hydrogen (secondary N) is 1. The van der Waals surface area contributed by atoms with E-state index in [-0.39, 0.29) is 5.54 Å². The van der Waals surface area contributed by atoms with Gasteiger partial charge >= 0.3 is 0 Å². The Bertz CT molecular complexity index is 559.